The quantitative estimate of drug-likeness (QED) is 0.208. The Morgan fingerprint density at radius 1 is 1.09 bits per heavy atom. The minimum atomic E-state index is -3.95. The molecule has 12 heteroatoms. The van der Waals surface area contributed by atoms with Crippen LogP contribution in [0.15, 0.2) is 58.8 Å². The normalized spacial score (nSPS) is 12.9. The highest BCUT2D eigenvalue weighted by atomic mass is 32.7. The van der Waals surface area contributed by atoms with Gasteiger partial charge in [-0.3, -0.25) is 14.1 Å². The molecule has 0 bridgehead atoms. The van der Waals surface area contributed by atoms with Gasteiger partial charge in [-0.2, -0.15) is 10.2 Å². The van der Waals surface area contributed by atoms with E-state index in [0.717, 1.165) is 12.2 Å². The van der Waals surface area contributed by atoms with Crippen LogP contribution in [-0.4, -0.2) is 54.4 Å². The number of carboxylic acid groups (broad SMARTS) is 1. The highest BCUT2D eigenvalue weighted by Gasteiger charge is 2.20. The highest BCUT2D eigenvalue weighted by Crippen LogP contribution is 2.55. The number of carbonyl (C=O) groups is 2. The van der Waals surface area contributed by atoms with Crippen molar-refractivity contribution in [3.8, 4) is 0 Å². The maximum atomic E-state index is 12.2. The SMILES string of the molecule is CCN(C)c1ccc(/N=N/c2ccc(C(=O)NCCOP(=O)(O)SCCC(=O)O)cc2)cc1. The van der Waals surface area contributed by atoms with Gasteiger partial charge in [-0.15, -0.1) is 0 Å². The lowest BCUT2D eigenvalue weighted by Gasteiger charge is -2.16. The molecule has 0 saturated heterocycles. The summed E-state index contributed by atoms with van der Waals surface area (Å²) >= 11 is 0.544. The van der Waals surface area contributed by atoms with Crippen molar-refractivity contribution in [3.63, 3.8) is 0 Å². The zero-order valence-electron chi connectivity index (χ0n) is 18.4. The maximum Gasteiger partial charge on any atom is 0.386 e. The first-order valence-electron chi connectivity index (χ1n) is 10.1. The molecule has 2 rings (SSSR count). The second-order valence-electron chi connectivity index (χ2n) is 6.81. The van der Waals surface area contributed by atoms with Crippen molar-refractivity contribution in [2.45, 2.75) is 13.3 Å². The van der Waals surface area contributed by atoms with Crippen molar-refractivity contribution in [2.75, 3.05) is 37.4 Å². The van der Waals surface area contributed by atoms with E-state index in [4.69, 9.17) is 9.63 Å². The van der Waals surface area contributed by atoms with Crippen LogP contribution in [0.3, 0.4) is 0 Å². The highest BCUT2D eigenvalue weighted by molar-refractivity contribution is 8.54. The molecule has 0 saturated carbocycles. The molecule has 0 fully saturated rings. The number of hydrogen-bond donors (Lipinski definition) is 3. The van der Waals surface area contributed by atoms with Gasteiger partial charge in [0.2, 0.25) is 0 Å². The number of anilines is 1. The predicted octanol–water partition coefficient (Wildman–Crippen LogP) is 4.61. The number of nitrogens with one attached hydrogen (secondary N) is 1. The number of azo groups is 1. The standard InChI is InChI=1S/C21H27N4O6PS/c1-3-25(2)19-10-8-18(9-11-19)24-23-17-6-4-16(5-7-17)21(28)22-13-14-31-32(29,30)33-15-12-20(26)27/h4-11H,3,12-15H2,1-2H3,(H,22,28)(H,26,27)(H,29,30)/b24-23+. The van der Waals surface area contributed by atoms with Crippen LogP contribution in [0, 0.1) is 0 Å². The van der Waals surface area contributed by atoms with E-state index >= 15 is 0 Å². The molecular weight excluding hydrogens is 467 g/mol. The second-order valence-corrected chi connectivity index (χ2v) is 10.8. The van der Waals surface area contributed by atoms with E-state index in [-0.39, 0.29) is 31.2 Å². The third-order valence-electron chi connectivity index (χ3n) is 4.39. The largest absolute Gasteiger partial charge is 0.481 e. The van der Waals surface area contributed by atoms with Gasteiger partial charge in [0.15, 0.2) is 0 Å². The van der Waals surface area contributed by atoms with Crippen LogP contribution in [0.5, 0.6) is 0 Å². The van der Waals surface area contributed by atoms with Crippen LogP contribution in [0.4, 0.5) is 17.1 Å². The molecule has 178 valence electrons. The number of benzene rings is 2. The molecular formula is C21H27N4O6PS. The molecule has 0 aliphatic rings. The first kappa shape index (κ1) is 26.5. The van der Waals surface area contributed by atoms with E-state index in [1.165, 1.54) is 0 Å². The Kier molecular flexibility index (Phi) is 10.5. The minimum Gasteiger partial charge on any atom is -0.481 e. The second kappa shape index (κ2) is 13.1. The smallest absolute Gasteiger partial charge is 0.386 e. The van der Waals surface area contributed by atoms with Gasteiger partial charge in [-0.1, -0.05) is 0 Å². The van der Waals surface area contributed by atoms with Crippen molar-refractivity contribution < 1.29 is 28.7 Å². The van der Waals surface area contributed by atoms with Gasteiger partial charge in [0.05, 0.1) is 24.4 Å². The van der Waals surface area contributed by atoms with Gasteiger partial charge >= 0.3 is 12.8 Å². The van der Waals surface area contributed by atoms with E-state index in [0.29, 0.717) is 28.3 Å². The van der Waals surface area contributed by atoms with Crippen LogP contribution in [0.2, 0.25) is 0 Å². The third kappa shape index (κ3) is 9.75. The average Bonchev–Trinajstić information content (AvgIpc) is 2.80. The molecule has 0 aromatic heterocycles. The first-order chi connectivity index (χ1) is 15.7. The summed E-state index contributed by atoms with van der Waals surface area (Å²) in [5, 5.41) is 19.5. The molecule has 0 aliphatic heterocycles. The molecule has 33 heavy (non-hydrogen) atoms. The summed E-state index contributed by atoms with van der Waals surface area (Å²) in [5.41, 5.74) is 2.79. The zero-order valence-corrected chi connectivity index (χ0v) is 20.1. The number of amides is 1. The summed E-state index contributed by atoms with van der Waals surface area (Å²) in [6.07, 6.45) is -0.242. The van der Waals surface area contributed by atoms with Gasteiger partial charge in [0, 0.05) is 37.1 Å². The monoisotopic (exact) mass is 494 g/mol. The number of carboxylic acids is 1. The molecule has 10 nitrogen and oxygen atoms in total. The number of aliphatic carboxylic acids is 1. The molecule has 1 unspecified atom stereocenters. The topological polar surface area (TPSA) is 141 Å². The number of carbonyl (C=O) groups excluding carboxylic acids is 1. The fraction of sp³-hybridized carbons (Fsp3) is 0.333. The lowest BCUT2D eigenvalue weighted by Crippen LogP contribution is -2.26. The van der Waals surface area contributed by atoms with Crippen LogP contribution in [0.1, 0.15) is 23.7 Å². The van der Waals surface area contributed by atoms with E-state index < -0.39 is 12.8 Å². The lowest BCUT2D eigenvalue weighted by atomic mass is 10.2. The molecule has 0 radical (unpaired) electrons. The van der Waals surface area contributed by atoms with Gasteiger partial charge < -0.3 is 20.2 Å². The van der Waals surface area contributed by atoms with Gasteiger partial charge in [-0.25, -0.2) is 4.57 Å². The average molecular weight is 495 g/mol. The Hall–Kier alpha value is -2.72. The molecule has 3 N–H and O–H groups in total. The van der Waals surface area contributed by atoms with Gasteiger partial charge in [-0.05, 0) is 66.8 Å². The number of rotatable bonds is 13. The Balaban J connectivity index is 1.78. The summed E-state index contributed by atoms with van der Waals surface area (Å²) in [7, 11) is 2.01. The lowest BCUT2D eigenvalue weighted by molar-refractivity contribution is -0.136. The fourth-order valence-corrected chi connectivity index (χ4v) is 4.77. The number of nitrogens with zero attached hydrogens (tertiary/aromatic N) is 3. The van der Waals surface area contributed by atoms with Crippen molar-refractivity contribution in [3.05, 3.63) is 54.1 Å². The van der Waals surface area contributed by atoms with E-state index in [2.05, 4.69) is 27.4 Å². The zero-order chi connectivity index (χ0) is 24.3. The Labute approximate surface area is 196 Å². The molecule has 1 amide bonds. The van der Waals surface area contributed by atoms with Gasteiger partial charge in [0.25, 0.3) is 5.91 Å². The first-order valence-corrected chi connectivity index (χ1v) is 13.3. The van der Waals surface area contributed by atoms with E-state index in [9.17, 15) is 19.0 Å². The van der Waals surface area contributed by atoms with E-state index in [1.54, 1.807) is 24.3 Å². The Morgan fingerprint density at radius 3 is 2.21 bits per heavy atom. The maximum absolute atomic E-state index is 12.2. The van der Waals surface area contributed by atoms with E-state index in [1.807, 2.05) is 31.3 Å². The molecule has 0 heterocycles. The Bertz CT molecular complexity index is 1000. The van der Waals surface area contributed by atoms with Crippen LogP contribution in [-0.2, 0) is 13.9 Å². The minimum absolute atomic E-state index is 0.0214. The van der Waals surface area contributed by atoms with Crippen molar-refractivity contribution >= 4 is 47.1 Å². The molecule has 0 aliphatic carbocycles. The molecule has 2 aromatic rings. The van der Waals surface area contributed by atoms with Crippen LogP contribution in [0.25, 0.3) is 0 Å². The summed E-state index contributed by atoms with van der Waals surface area (Å²) in [4.78, 5) is 34.3. The molecule has 0 spiro atoms. The van der Waals surface area contributed by atoms with Crippen molar-refractivity contribution in [1.82, 2.24) is 5.32 Å². The Morgan fingerprint density at radius 2 is 1.67 bits per heavy atom. The summed E-state index contributed by atoms with van der Waals surface area (Å²) in [6, 6.07) is 14.2. The summed E-state index contributed by atoms with van der Waals surface area (Å²) in [5.74, 6) is -1.47. The van der Waals surface area contributed by atoms with Crippen molar-refractivity contribution in [2.24, 2.45) is 10.2 Å². The van der Waals surface area contributed by atoms with Crippen molar-refractivity contribution in [1.29, 1.82) is 0 Å². The summed E-state index contributed by atoms with van der Waals surface area (Å²) < 4.78 is 16.6. The molecule has 2 aromatic carbocycles. The van der Waals surface area contributed by atoms with Gasteiger partial charge in [0.1, 0.15) is 0 Å². The van der Waals surface area contributed by atoms with Crippen LogP contribution >= 0.6 is 18.2 Å². The van der Waals surface area contributed by atoms with Crippen LogP contribution < -0.4 is 10.2 Å². The number of hydrogen-bond acceptors (Lipinski definition) is 8. The molecule has 1 atom stereocenters. The summed E-state index contributed by atoms with van der Waals surface area (Å²) in [6.45, 7) is -1.13. The fourth-order valence-electron chi connectivity index (χ4n) is 2.46. The third-order valence-corrected chi connectivity index (χ3v) is 7.45. The predicted molar refractivity (Wildman–Crippen MR) is 129 cm³/mol.